The SMILES string of the molecule is Cc1c(CNc2ccc(Cn3oc(=O)[nH]c3=O)cc2)cccc1-c1cccc(OCCO)c1C. The molecule has 4 aromatic rings. The third kappa shape index (κ3) is 5.13. The number of hydrogen-bond acceptors (Lipinski definition) is 6. The van der Waals surface area contributed by atoms with Crippen molar-refractivity contribution in [3.63, 3.8) is 0 Å². The van der Waals surface area contributed by atoms with E-state index in [1.165, 1.54) is 11.1 Å². The average Bonchev–Trinajstić information content (AvgIpc) is 3.15. The first kappa shape index (κ1) is 23.1. The number of ether oxygens (including phenoxy) is 1. The molecule has 0 bridgehead atoms. The van der Waals surface area contributed by atoms with Crippen LogP contribution in [-0.4, -0.2) is 28.0 Å². The van der Waals surface area contributed by atoms with E-state index in [2.05, 4.69) is 35.4 Å². The fraction of sp³-hybridized carbons (Fsp3) is 0.231. The van der Waals surface area contributed by atoms with Crippen LogP contribution in [0.3, 0.4) is 0 Å². The van der Waals surface area contributed by atoms with Gasteiger partial charge in [0.25, 0.3) is 0 Å². The summed E-state index contributed by atoms with van der Waals surface area (Å²) in [6.45, 7) is 5.21. The van der Waals surface area contributed by atoms with Crippen LogP contribution in [0.5, 0.6) is 5.75 Å². The number of hydrogen-bond donors (Lipinski definition) is 3. The number of aliphatic hydroxyl groups excluding tert-OH is 1. The summed E-state index contributed by atoms with van der Waals surface area (Å²) < 4.78 is 11.5. The zero-order valence-corrected chi connectivity index (χ0v) is 19.1. The quantitative estimate of drug-likeness (QED) is 0.352. The van der Waals surface area contributed by atoms with Crippen LogP contribution in [0, 0.1) is 13.8 Å². The highest BCUT2D eigenvalue weighted by Gasteiger charge is 2.12. The van der Waals surface area contributed by atoms with Gasteiger partial charge in [-0.2, -0.15) is 0 Å². The Morgan fingerprint density at radius 3 is 2.35 bits per heavy atom. The Labute approximate surface area is 196 Å². The minimum Gasteiger partial charge on any atom is -0.491 e. The molecule has 0 saturated carbocycles. The van der Waals surface area contributed by atoms with Crippen LogP contribution in [-0.2, 0) is 13.1 Å². The lowest BCUT2D eigenvalue weighted by atomic mass is 9.93. The van der Waals surface area contributed by atoms with Gasteiger partial charge in [0.1, 0.15) is 12.4 Å². The Hall–Kier alpha value is -4.04. The summed E-state index contributed by atoms with van der Waals surface area (Å²) >= 11 is 0. The van der Waals surface area contributed by atoms with Crippen molar-refractivity contribution < 1.29 is 14.4 Å². The van der Waals surface area contributed by atoms with E-state index in [9.17, 15) is 9.59 Å². The van der Waals surface area contributed by atoms with Gasteiger partial charge in [-0.3, -0.25) is 0 Å². The van der Waals surface area contributed by atoms with E-state index >= 15 is 0 Å². The van der Waals surface area contributed by atoms with Crippen LogP contribution < -0.4 is 21.5 Å². The summed E-state index contributed by atoms with van der Waals surface area (Å²) in [7, 11) is 0. The second-order valence-corrected chi connectivity index (χ2v) is 7.99. The predicted octanol–water partition coefficient (Wildman–Crippen LogP) is 3.44. The first-order valence-corrected chi connectivity index (χ1v) is 11.0. The molecule has 8 heteroatoms. The van der Waals surface area contributed by atoms with Gasteiger partial charge in [0.05, 0.1) is 13.2 Å². The Bertz CT molecular complexity index is 1380. The van der Waals surface area contributed by atoms with Crippen molar-refractivity contribution in [2.45, 2.75) is 26.9 Å². The maximum Gasteiger partial charge on any atom is 0.440 e. The lowest BCUT2D eigenvalue weighted by Gasteiger charge is -2.17. The molecule has 0 atom stereocenters. The molecule has 4 rings (SSSR count). The van der Waals surface area contributed by atoms with Crippen molar-refractivity contribution in [3.8, 4) is 16.9 Å². The molecular formula is C26H27N3O5. The number of benzene rings is 3. The monoisotopic (exact) mass is 461 g/mol. The highest BCUT2D eigenvalue weighted by Crippen LogP contribution is 2.33. The first-order valence-electron chi connectivity index (χ1n) is 11.0. The van der Waals surface area contributed by atoms with Crippen molar-refractivity contribution in [1.29, 1.82) is 0 Å². The van der Waals surface area contributed by atoms with Crippen molar-refractivity contribution in [2.24, 2.45) is 0 Å². The van der Waals surface area contributed by atoms with Crippen molar-refractivity contribution in [2.75, 3.05) is 18.5 Å². The lowest BCUT2D eigenvalue weighted by molar-refractivity contribution is 0.200. The number of aliphatic hydroxyl groups is 1. The standard InChI is InChI=1S/C26H27N3O5/c1-17-20(5-3-6-22(17)23-7-4-8-24(18(23)2)33-14-13-30)15-27-21-11-9-19(10-12-21)16-29-25(31)28-26(32)34-29/h3-12,27,30H,13-16H2,1-2H3,(H,28,31,32). The highest BCUT2D eigenvalue weighted by molar-refractivity contribution is 5.73. The number of rotatable bonds is 9. The smallest absolute Gasteiger partial charge is 0.440 e. The van der Waals surface area contributed by atoms with Gasteiger partial charge in [0.2, 0.25) is 0 Å². The molecule has 0 aliphatic carbocycles. The fourth-order valence-electron chi connectivity index (χ4n) is 3.89. The van der Waals surface area contributed by atoms with Gasteiger partial charge in [-0.1, -0.05) is 42.5 Å². The zero-order valence-electron chi connectivity index (χ0n) is 19.1. The molecule has 0 radical (unpaired) electrons. The Morgan fingerprint density at radius 2 is 1.68 bits per heavy atom. The van der Waals surface area contributed by atoms with Crippen molar-refractivity contribution in [1.82, 2.24) is 9.72 Å². The van der Waals surface area contributed by atoms with Gasteiger partial charge in [-0.25, -0.2) is 14.6 Å². The van der Waals surface area contributed by atoms with Gasteiger partial charge in [-0.15, -0.1) is 4.74 Å². The van der Waals surface area contributed by atoms with Gasteiger partial charge in [-0.05, 0) is 65.4 Å². The lowest BCUT2D eigenvalue weighted by Crippen LogP contribution is -2.17. The summed E-state index contributed by atoms with van der Waals surface area (Å²) in [5.74, 6) is 0.0104. The van der Waals surface area contributed by atoms with Gasteiger partial charge >= 0.3 is 11.4 Å². The first-order chi connectivity index (χ1) is 16.5. The molecule has 3 aromatic carbocycles. The summed E-state index contributed by atoms with van der Waals surface area (Å²) in [5, 5.41) is 12.5. The van der Waals surface area contributed by atoms with Crippen LogP contribution >= 0.6 is 0 Å². The molecular weight excluding hydrogens is 434 g/mol. The Balaban J connectivity index is 1.47. The van der Waals surface area contributed by atoms with E-state index in [0.29, 0.717) is 6.54 Å². The van der Waals surface area contributed by atoms with E-state index in [-0.39, 0.29) is 19.8 Å². The Kier molecular flexibility index (Phi) is 6.98. The van der Waals surface area contributed by atoms with Crippen LogP contribution in [0.25, 0.3) is 11.1 Å². The molecule has 0 aliphatic rings. The third-order valence-electron chi connectivity index (χ3n) is 5.76. The summed E-state index contributed by atoms with van der Waals surface area (Å²) in [6, 6.07) is 19.8. The summed E-state index contributed by atoms with van der Waals surface area (Å²) in [4.78, 5) is 24.8. The summed E-state index contributed by atoms with van der Waals surface area (Å²) in [6.07, 6.45) is 0. The fourth-order valence-corrected chi connectivity index (χ4v) is 3.89. The molecule has 1 heterocycles. The van der Waals surface area contributed by atoms with Gasteiger partial charge in [0, 0.05) is 12.2 Å². The molecule has 8 nitrogen and oxygen atoms in total. The number of aromatic nitrogens is 2. The van der Waals surface area contributed by atoms with E-state index < -0.39 is 11.4 Å². The minimum atomic E-state index is -0.763. The van der Waals surface area contributed by atoms with Crippen LogP contribution in [0.4, 0.5) is 5.69 Å². The minimum absolute atomic E-state index is 0.0220. The summed E-state index contributed by atoms with van der Waals surface area (Å²) in [5.41, 5.74) is 6.84. The molecule has 0 aliphatic heterocycles. The maximum atomic E-state index is 11.6. The van der Waals surface area contributed by atoms with Crippen LogP contribution in [0.2, 0.25) is 0 Å². The molecule has 0 fully saturated rings. The second kappa shape index (κ2) is 10.3. The van der Waals surface area contributed by atoms with Crippen molar-refractivity contribution in [3.05, 3.63) is 104 Å². The van der Waals surface area contributed by atoms with Gasteiger partial charge in [0.15, 0.2) is 0 Å². The molecule has 0 amide bonds. The predicted molar refractivity (Wildman–Crippen MR) is 130 cm³/mol. The average molecular weight is 462 g/mol. The number of anilines is 1. The van der Waals surface area contributed by atoms with Gasteiger partial charge < -0.3 is 19.7 Å². The topological polar surface area (TPSA) is 109 Å². The molecule has 3 N–H and O–H groups in total. The number of nitrogens with zero attached hydrogens (tertiary/aromatic N) is 1. The number of H-pyrrole nitrogens is 1. The second-order valence-electron chi connectivity index (χ2n) is 7.99. The molecule has 0 unspecified atom stereocenters. The largest absolute Gasteiger partial charge is 0.491 e. The maximum absolute atomic E-state index is 11.6. The zero-order chi connectivity index (χ0) is 24.1. The van der Waals surface area contributed by atoms with E-state index in [4.69, 9.17) is 14.4 Å². The molecule has 34 heavy (non-hydrogen) atoms. The Morgan fingerprint density at radius 1 is 0.971 bits per heavy atom. The highest BCUT2D eigenvalue weighted by atomic mass is 16.5. The van der Waals surface area contributed by atoms with Crippen molar-refractivity contribution >= 4 is 5.69 Å². The molecule has 1 aromatic heterocycles. The molecule has 176 valence electrons. The number of aromatic amines is 1. The molecule has 0 saturated heterocycles. The normalized spacial score (nSPS) is 10.9. The third-order valence-corrected chi connectivity index (χ3v) is 5.76. The van der Waals surface area contributed by atoms with E-state index in [1.54, 1.807) is 0 Å². The molecule has 0 spiro atoms. The van der Waals surface area contributed by atoms with E-state index in [1.807, 2.05) is 49.4 Å². The van der Waals surface area contributed by atoms with Crippen LogP contribution in [0.1, 0.15) is 22.3 Å². The van der Waals surface area contributed by atoms with Crippen LogP contribution in [0.15, 0.2) is 74.8 Å². The number of nitrogens with one attached hydrogen (secondary N) is 2. The van der Waals surface area contributed by atoms with E-state index in [0.717, 1.165) is 38.4 Å².